The summed E-state index contributed by atoms with van der Waals surface area (Å²) in [5.41, 5.74) is 0.909. The van der Waals surface area contributed by atoms with Gasteiger partial charge in [-0.25, -0.2) is 13.2 Å². The van der Waals surface area contributed by atoms with Crippen molar-refractivity contribution >= 4 is 17.3 Å². The maximum Gasteiger partial charge on any atom is 0.274 e. The third-order valence-corrected chi connectivity index (χ3v) is 3.61. The zero-order valence-electron chi connectivity index (χ0n) is 13.5. The number of carbonyl (C=O) groups is 1. The Kier molecular flexibility index (Phi) is 5.17. The maximum atomic E-state index is 13.6. The van der Waals surface area contributed by atoms with Crippen LogP contribution in [0.4, 0.5) is 24.5 Å². The van der Waals surface area contributed by atoms with Gasteiger partial charge in [0.1, 0.15) is 23.1 Å². The summed E-state index contributed by atoms with van der Waals surface area (Å²) >= 11 is 0. The average Bonchev–Trinajstić information content (AvgIpc) is 2.63. The summed E-state index contributed by atoms with van der Waals surface area (Å²) in [5.74, 6) is -2.60. The van der Waals surface area contributed by atoms with Crippen LogP contribution in [0, 0.1) is 17.5 Å². The standard InChI is InChI=1S/C19H14F3N3O/c20-13-5-6-17(16(22)9-13)25-19(26)18-10-14(7-8-23-18)24-11-12-3-1-2-4-15(12)21/h1-10H,11H2,(H,23,24)(H,25,26). The van der Waals surface area contributed by atoms with Gasteiger partial charge in [0, 0.05) is 30.1 Å². The molecular formula is C19H14F3N3O. The van der Waals surface area contributed by atoms with Crippen LogP contribution in [-0.4, -0.2) is 10.9 Å². The molecule has 0 saturated heterocycles. The molecule has 0 unspecified atom stereocenters. The Balaban J connectivity index is 1.70. The van der Waals surface area contributed by atoms with Gasteiger partial charge in [-0.2, -0.15) is 0 Å². The molecule has 26 heavy (non-hydrogen) atoms. The molecule has 3 aromatic rings. The van der Waals surface area contributed by atoms with Crippen molar-refractivity contribution in [3.05, 3.63) is 89.5 Å². The first kappa shape index (κ1) is 17.5. The monoisotopic (exact) mass is 357 g/mol. The quantitative estimate of drug-likeness (QED) is 0.713. The minimum Gasteiger partial charge on any atom is -0.381 e. The second-order valence-corrected chi connectivity index (χ2v) is 5.45. The lowest BCUT2D eigenvalue weighted by molar-refractivity contribution is 0.102. The summed E-state index contributed by atoms with van der Waals surface area (Å²) < 4.78 is 40.2. The van der Waals surface area contributed by atoms with Crippen LogP contribution < -0.4 is 10.6 Å². The number of hydrogen-bond donors (Lipinski definition) is 2. The topological polar surface area (TPSA) is 54.0 Å². The van der Waals surface area contributed by atoms with Crippen molar-refractivity contribution in [2.45, 2.75) is 6.54 Å². The van der Waals surface area contributed by atoms with Crippen LogP contribution in [0.25, 0.3) is 0 Å². The summed E-state index contributed by atoms with van der Waals surface area (Å²) in [7, 11) is 0. The zero-order valence-corrected chi connectivity index (χ0v) is 13.5. The summed E-state index contributed by atoms with van der Waals surface area (Å²) in [6.45, 7) is 0.227. The SMILES string of the molecule is O=C(Nc1ccc(F)cc1F)c1cc(NCc2ccccc2F)ccn1. The van der Waals surface area contributed by atoms with Crippen molar-refractivity contribution in [1.29, 1.82) is 0 Å². The third kappa shape index (κ3) is 4.18. The Morgan fingerprint density at radius 3 is 2.54 bits per heavy atom. The number of pyridine rings is 1. The first-order valence-corrected chi connectivity index (χ1v) is 7.72. The molecule has 7 heteroatoms. The molecule has 1 amide bonds. The normalized spacial score (nSPS) is 10.4. The fraction of sp³-hybridized carbons (Fsp3) is 0.0526. The van der Waals surface area contributed by atoms with Crippen LogP contribution in [0.1, 0.15) is 16.1 Å². The van der Waals surface area contributed by atoms with Gasteiger partial charge in [0.25, 0.3) is 5.91 Å². The fourth-order valence-electron chi connectivity index (χ4n) is 2.28. The predicted octanol–water partition coefficient (Wildman–Crippen LogP) is 4.36. The van der Waals surface area contributed by atoms with E-state index < -0.39 is 17.5 Å². The van der Waals surface area contributed by atoms with Crippen LogP contribution in [0.5, 0.6) is 0 Å². The van der Waals surface area contributed by atoms with E-state index in [0.717, 1.165) is 12.1 Å². The van der Waals surface area contributed by atoms with E-state index >= 15 is 0 Å². The molecule has 0 saturated carbocycles. The van der Waals surface area contributed by atoms with Crippen molar-refractivity contribution in [3.8, 4) is 0 Å². The fourth-order valence-corrected chi connectivity index (χ4v) is 2.28. The van der Waals surface area contributed by atoms with Crippen LogP contribution in [-0.2, 0) is 6.54 Å². The van der Waals surface area contributed by atoms with Gasteiger partial charge < -0.3 is 10.6 Å². The molecule has 0 radical (unpaired) electrons. The van der Waals surface area contributed by atoms with Gasteiger partial charge >= 0.3 is 0 Å². The first-order valence-electron chi connectivity index (χ1n) is 7.72. The van der Waals surface area contributed by atoms with Crippen molar-refractivity contribution in [3.63, 3.8) is 0 Å². The molecule has 2 aromatic carbocycles. The molecule has 0 aliphatic rings. The van der Waals surface area contributed by atoms with Crippen LogP contribution >= 0.6 is 0 Å². The summed E-state index contributed by atoms with van der Waals surface area (Å²) in [5, 5.41) is 5.33. The number of carbonyl (C=O) groups excluding carboxylic acids is 1. The molecule has 0 atom stereocenters. The van der Waals surface area contributed by atoms with Gasteiger partial charge in [-0.15, -0.1) is 0 Å². The van der Waals surface area contributed by atoms with Gasteiger partial charge in [0.05, 0.1) is 5.69 Å². The van der Waals surface area contributed by atoms with E-state index in [2.05, 4.69) is 15.6 Å². The largest absolute Gasteiger partial charge is 0.381 e. The lowest BCUT2D eigenvalue weighted by atomic mass is 10.2. The van der Waals surface area contributed by atoms with Crippen LogP contribution in [0.3, 0.4) is 0 Å². The van der Waals surface area contributed by atoms with Gasteiger partial charge in [0.15, 0.2) is 0 Å². The van der Waals surface area contributed by atoms with Gasteiger partial charge in [-0.3, -0.25) is 9.78 Å². The smallest absolute Gasteiger partial charge is 0.274 e. The second-order valence-electron chi connectivity index (χ2n) is 5.45. The Labute approximate surface area is 147 Å². The summed E-state index contributed by atoms with van der Waals surface area (Å²) in [6.07, 6.45) is 1.40. The molecule has 0 spiro atoms. The molecule has 3 rings (SSSR count). The molecular weight excluding hydrogens is 343 g/mol. The molecule has 4 nitrogen and oxygen atoms in total. The number of amides is 1. The number of benzene rings is 2. The van der Waals surface area contributed by atoms with Gasteiger partial charge in [-0.05, 0) is 30.3 Å². The van der Waals surface area contributed by atoms with Gasteiger partial charge in [0.2, 0.25) is 0 Å². The molecule has 0 bridgehead atoms. The zero-order chi connectivity index (χ0) is 18.5. The Morgan fingerprint density at radius 2 is 1.77 bits per heavy atom. The Bertz CT molecular complexity index is 947. The number of rotatable bonds is 5. The summed E-state index contributed by atoms with van der Waals surface area (Å²) in [4.78, 5) is 16.1. The average molecular weight is 357 g/mol. The number of nitrogens with one attached hydrogen (secondary N) is 2. The van der Waals surface area contributed by atoms with Crippen molar-refractivity contribution in [2.24, 2.45) is 0 Å². The van der Waals surface area contributed by atoms with E-state index in [4.69, 9.17) is 0 Å². The minimum absolute atomic E-state index is 0.0345. The van der Waals surface area contributed by atoms with Crippen LogP contribution in [0.2, 0.25) is 0 Å². The van der Waals surface area contributed by atoms with Crippen LogP contribution in [0.15, 0.2) is 60.8 Å². The van der Waals surface area contributed by atoms with Crippen molar-refractivity contribution < 1.29 is 18.0 Å². The Hall–Kier alpha value is -3.35. The van der Waals surface area contributed by atoms with Gasteiger partial charge in [-0.1, -0.05) is 18.2 Å². The molecule has 1 heterocycles. The van der Waals surface area contributed by atoms with E-state index in [1.165, 1.54) is 18.3 Å². The lowest BCUT2D eigenvalue weighted by Crippen LogP contribution is -2.15. The highest BCUT2D eigenvalue weighted by Crippen LogP contribution is 2.17. The highest BCUT2D eigenvalue weighted by atomic mass is 19.1. The molecule has 0 fully saturated rings. The van der Waals surface area contributed by atoms with E-state index in [-0.39, 0.29) is 23.7 Å². The van der Waals surface area contributed by atoms with E-state index in [1.54, 1.807) is 24.3 Å². The summed E-state index contributed by atoms with van der Waals surface area (Å²) in [6, 6.07) is 12.3. The number of hydrogen-bond acceptors (Lipinski definition) is 3. The maximum absolute atomic E-state index is 13.6. The Morgan fingerprint density at radius 1 is 0.962 bits per heavy atom. The third-order valence-electron chi connectivity index (χ3n) is 3.61. The van der Waals surface area contributed by atoms with E-state index in [0.29, 0.717) is 17.3 Å². The predicted molar refractivity (Wildman–Crippen MR) is 92.3 cm³/mol. The number of nitrogens with zero attached hydrogens (tertiary/aromatic N) is 1. The minimum atomic E-state index is -0.882. The number of aromatic nitrogens is 1. The molecule has 0 aliphatic carbocycles. The number of halogens is 3. The van der Waals surface area contributed by atoms with E-state index in [9.17, 15) is 18.0 Å². The molecule has 1 aromatic heterocycles. The first-order chi connectivity index (χ1) is 12.5. The highest BCUT2D eigenvalue weighted by molar-refractivity contribution is 6.03. The molecule has 132 valence electrons. The van der Waals surface area contributed by atoms with Crippen molar-refractivity contribution in [1.82, 2.24) is 4.98 Å². The molecule has 2 N–H and O–H groups in total. The van der Waals surface area contributed by atoms with E-state index in [1.807, 2.05) is 0 Å². The van der Waals surface area contributed by atoms with Crippen molar-refractivity contribution in [2.75, 3.05) is 10.6 Å². The second kappa shape index (κ2) is 7.69. The highest BCUT2D eigenvalue weighted by Gasteiger charge is 2.12. The lowest BCUT2D eigenvalue weighted by Gasteiger charge is -2.09. The number of anilines is 2. The molecule has 0 aliphatic heterocycles.